The van der Waals surface area contributed by atoms with Crippen LogP contribution in [0.1, 0.15) is 33.6 Å². The molecule has 2 aliphatic rings. The van der Waals surface area contributed by atoms with Crippen LogP contribution in [0, 0.1) is 5.92 Å². The predicted octanol–water partition coefficient (Wildman–Crippen LogP) is -2.15. The SMILES string of the molecule is CC(C)C(O)(C(=O)OCC1=CC[N+]2(C)CCCC12)[C@H](C)O.[Cl-]. The molecule has 0 aromatic carbocycles. The first kappa shape index (κ1) is 19.4. The topological polar surface area (TPSA) is 66.8 Å². The van der Waals surface area contributed by atoms with Gasteiger partial charge >= 0.3 is 5.97 Å². The van der Waals surface area contributed by atoms with E-state index in [1.807, 2.05) is 0 Å². The van der Waals surface area contributed by atoms with Gasteiger partial charge in [-0.1, -0.05) is 13.8 Å². The highest BCUT2D eigenvalue weighted by Gasteiger charge is 2.47. The number of aliphatic hydroxyl groups excluding tert-OH is 1. The lowest BCUT2D eigenvalue weighted by atomic mass is 9.85. The average Bonchev–Trinajstić information content (AvgIpc) is 2.91. The highest BCUT2D eigenvalue weighted by Crippen LogP contribution is 2.35. The van der Waals surface area contributed by atoms with Crippen LogP contribution >= 0.6 is 0 Å². The number of hydrogen-bond acceptors (Lipinski definition) is 4. The monoisotopic (exact) mass is 333 g/mol. The lowest BCUT2D eigenvalue weighted by molar-refractivity contribution is -0.905. The Morgan fingerprint density at radius 3 is 2.68 bits per heavy atom. The number of hydrogen-bond donors (Lipinski definition) is 2. The maximum atomic E-state index is 12.2. The Labute approximate surface area is 138 Å². The lowest BCUT2D eigenvalue weighted by Crippen LogP contribution is -3.00. The molecule has 4 atom stereocenters. The maximum absolute atomic E-state index is 12.2. The Morgan fingerprint density at radius 2 is 2.14 bits per heavy atom. The van der Waals surface area contributed by atoms with Gasteiger partial charge in [-0.15, -0.1) is 0 Å². The van der Waals surface area contributed by atoms with Gasteiger partial charge in [0, 0.05) is 18.4 Å². The molecule has 0 bridgehead atoms. The number of ether oxygens (including phenoxy) is 1. The van der Waals surface area contributed by atoms with Crippen LogP contribution in [0.3, 0.4) is 0 Å². The number of carbonyl (C=O) groups is 1. The second-order valence-electron chi connectivity index (χ2n) is 7.05. The molecule has 3 unspecified atom stereocenters. The minimum absolute atomic E-state index is 0. The Balaban J connectivity index is 0.00000242. The van der Waals surface area contributed by atoms with Crippen molar-refractivity contribution >= 4 is 5.97 Å². The molecule has 22 heavy (non-hydrogen) atoms. The molecular formula is C16H28ClNO4. The molecule has 1 saturated heterocycles. The Morgan fingerprint density at radius 1 is 1.50 bits per heavy atom. The van der Waals surface area contributed by atoms with Gasteiger partial charge in [0.25, 0.3) is 0 Å². The van der Waals surface area contributed by atoms with Gasteiger partial charge in [-0.2, -0.15) is 0 Å². The first-order valence-electron chi connectivity index (χ1n) is 7.82. The van der Waals surface area contributed by atoms with Crippen molar-refractivity contribution in [1.82, 2.24) is 0 Å². The lowest BCUT2D eigenvalue weighted by Gasteiger charge is -2.33. The van der Waals surface area contributed by atoms with E-state index in [0.29, 0.717) is 6.04 Å². The molecule has 0 spiro atoms. The molecule has 2 rings (SSSR count). The summed E-state index contributed by atoms with van der Waals surface area (Å²) in [5.74, 6) is -1.14. The second kappa shape index (κ2) is 6.87. The molecular weight excluding hydrogens is 306 g/mol. The summed E-state index contributed by atoms with van der Waals surface area (Å²) in [6.45, 7) is 7.20. The van der Waals surface area contributed by atoms with Crippen molar-refractivity contribution in [2.24, 2.45) is 5.92 Å². The minimum atomic E-state index is -1.84. The summed E-state index contributed by atoms with van der Waals surface area (Å²) in [6.07, 6.45) is 3.34. The van der Waals surface area contributed by atoms with E-state index in [2.05, 4.69) is 13.1 Å². The molecule has 6 heteroatoms. The molecule has 2 aliphatic heterocycles. The summed E-state index contributed by atoms with van der Waals surface area (Å²) < 4.78 is 6.35. The number of carbonyl (C=O) groups excluding carboxylic acids is 1. The zero-order valence-corrected chi connectivity index (χ0v) is 14.6. The smallest absolute Gasteiger partial charge is 0.341 e. The van der Waals surface area contributed by atoms with E-state index in [0.717, 1.165) is 23.0 Å². The van der Waals surface area contributed by atoms with Gasteiger partial charge in [0.05, 0.1) is 26.2 Å². The number of rotatable bonds is 5. The Hall–Kier alpha value is -0.620. The maximum Gasteiger partial charge on any atom is 0.341 e. The van der Waals surface area contributed by atoms with Crippen LogP contribution < -0.4 is 12.4 Å². The zero-order chi connectivity index (χ0) is 15.8. The van der Waals surface area contributed by atoms with Crippen LogP contribution in [0.15, 0.2) is 11.6 Å². The van der Waals surface area contributed by atoms with Gasteiger partial charge in [-0.3, -0.25) is 0 Å². The van der Waals surface area contributed by atoms with E-state index in [1.54, 1.807) is 13.8 Å². The first-order valence-corrected chi connectivity index (χ1v) is 7.82. The van der Waals surface area contributed by atoms with E-state index in [9.17, 15) is 15.0 Å². The molecule has 0 aromatic rings. The third kappa shape index (κ3) is 3.18. The van der Waals surface area contributed by atoms with Crippen LogP contribution in [0.25, 0.3) is 0 Å². The largest absolute Gasteiger partial charge is 1.00 e. The van der Waals surface area contributed by atoms with Crippen molar-refractivity contribution in [3.63, 3.8) is 0 Å². The Bertz CT molecular complexity index is 441. The van der Waals surface area contributed by atoms with Crippen molar-refractivity contribution in [2.45, 2.75) is 51.4 Å². The van der Waals surface area contributed by atoms with E-state index < -0.39 is 23.6 Å². The van der Waals surface area contributed by atoms with Gasteiger partial charge in [0.1, 0.15) is 12.6 Å². The molecule has 0 aromatic heterocycles. The van der Waals surface area contributed by atoms with Gasteiger partial charge in [0.15, 0.2) is 5.60 Å². The quantitative estimate of drug-likeness (QED) is 0.342. The fourth-order valence-electron chi connectivity index (χ4n) is 3.69. The van der Waals surface area contributed by atoms with E-state index in [-0.39, 0.29) is 19.0 Å². The van der Waals surface area contributed by atoms with Gasteiger partial charge in [-0.25, -0.2) is 4.79 Å². The summed E-state index contributed by atoms with van der Waals surface area (Å²) in [5, 5.41) is 20.1. The second-order valence-corrected chi connectivity index (χ2v) is 7.05. The molecule has 1 fully saturated rings. The van der Waals surface area contributed by atoms with Gasteiger partial charge in [-0.05, 0) is 18.9 Å². The van der Waals surface area contributed by atoms with Crippen molar-refractivity contribution in [3.05, 3.63) is 11.6 Å². The molecule has 2 heterocycles. The van der Waals surface area contributed by atoms with Crippen LogP contribution in [0.5, 0.6) is 0 Å². The van der Waals surface area contributed by atoms with E-state index in [4.69, 9.17) is 4.74 Å². The number of quaternary nitrogens is 1. The number of esters is 1. The van der Waals surface area contributed by atoms with Crippen LogP contribution in [-0.4, -0.2) is 65.2 Å². The van der Waals surface area contributed by atoms with Crippen molar-refractivity contribution < 1.29 is 36.6 Å². The summed E-state index contributed by atoms with van der Waals surface area (Å²) in [5.41, 5.74) is -0.687. The molecule has 0 amide bonds. The molecule has 0 aliphatic carbocycles. The summed E-state index contributed by atoms with van der Waals surface area (Å²) >= 11 is 0. The highest BCUT2D eigenvalue weighted by atomic mass is 35.5. The summed E-state index contributed by atoms with van der Waals surface area (Å²) in [7, 11) is 2.24. The molecule has 0 saturated carbocycles. The van der Waals surface area contributed by atoms with Crippen LogP contribution in [0.2, 0.25) is 0 Å². The zero-order valence-electron chi connectivity index (χ0n) is 13.9. The number of aliphatic hydroxyl groups is 2. The number of likely N-dealkylation sites (N-methyl/N-ethyl adjacent to an activating group) is 1. The molecule has 2 N–H and O–H groups in total. The molecule has 128 valence electrons. The van der Waals surface area contributed by atoms with Crippen molar-refractivity contribution in [2.75, 3.05) is 26.7 Å². The Kier molecular flexibility index (Phi) is 6.07. The van der Waals surface area contributed by atoms with Gasteiger partial charge in [0.2, 0.25) is 0 Å². The molecule has 0 radical (unpaired) electrons. The fraction of sp³-hybridized carbons (Fsp3) is 0.812. The third-order valence-corrected chi connectivity index (χ3v) is 5.31. The minimum Gasteiger partial charge on any atom is -1.00 e. The number of fused-ring (bicyclic) bond motifs is 1. The van der Waals surface area contributed by atoms with E-state index in [1.165, 1.54) is 19.9 Å². The fourth-order valence-corrected chi connectivity index (χ4v) is 3.69. The third-order valence-electron chi connectivity index (χ3n) is 5.31. The first-order chi connectivity index (χ1) is 9.71. The predicted molar refractivity (Wildman–Crippen MR) is 79.5 cm³/mol. The standard InChI is InChI=1S/C16H28NO4.ClH/c1-11(2)16(20,12(3)18)15(19)21-10-13-7-9-17(4)8-5-6-14(13)17;/h7,11-12,14,18,20H,5-6,8-10H2,1-4H3;1H/q+1;/p-1/t12-,14?,16?,17?;/m0./s1. The summed E-state index contributed by atoms with van der Waals surface area (Å²) in [4.78, 5) is 12.2. The van der Waals surface area contributed by atoms with Gasteiger partial charge < -0.3 is 31.8 Å². The van der Waals surface area contributed by atoms with Crippen molar-refractivity contribution in [1.29, 1.82) is 0 Å². The highest BCUT2D eigenvalue weighted by molar-refractivity contribution is 5.80. The molecule has 5 nitrogen and oxygen atoms in total. The summed E-state index contributed by atoms with van der Waals surface area (Å²) in [6, 6.07) is 0.441. The van der Waals surface area contributed by atoms with Crippen LogP contribution in [0.4, 0.5) is 0 Å². The van der Waals surface area contributed by atoms with Crippen LogP contribution in [-0.2, 0) is 9.53 Å². The normalized spacial score (nSPS) is 31.0. The van der Waals surface area contributed by atoms with E-state index >= 15 is 0 Å². The number of nitrogens with zero attached hydrogens (tertiary/aromatic N) is 1. The van der Waals surface area contributed by atoms with Crippen molar-refractivity contribution in [3.8, 4) is 0 Å². The number of halogens is 1. The average molecular weight is 334 g/mol.